The molecule has 0 fully saturated rings. The van der Waals surface area contributed by atoms with Gasteiger partial charge in [0, 0.05) is 6.54 Å². The first-order valence-corrected chi connectivity index (χ1v) is 7.79. The van der Waals surface area contributed by atoms with Crippen molar-refractivity contribution in [3.8, 4) is 0 Å². The van der Waals surface area contributed by atoms with Crippen LogP contribution < -0.4 is 0 Å². The molecule has 2 aromatic carbocycles. The van der Waals surface area contributed by atoms with Gasteiger partial charge in [-0.05, 0) is 37.1 Å². The van der Waals surface area contributed by atoms with Crippen molar-refractivity contribution in [3.63, 3.8) is 0 Å². The fourth-order valence-corrected chi connectivity index (χ4v) is 2.54. The highest BCUT2D eigenvalue weighted by Gasteiger charge is 2.08. The lowest BCUT2D eigenvalue weighted by atomic mass is 10.0. The Morgan fingerprint density at radius 3 is 2.19 bits per heavy atom. The number of nitrogens with zero attached hydrogens (tertiary/aromatic N) is 1. The zero-order valence-corrected chi connectivity index (χ0v) is 12.8. The molecule has 0 aliphatic carbocycles. The van der Waals surface area contributed by atoms with Gasteiger partial charge in [0.05, 0.1) is 6.10 Å². The van der Waals surface area contributed by atoms with E-state index in [1.54, 1.807) is 0 Å². The lowest BCUT2D eigenvalue weighted by Gasteiger charge is -2.21. The smallest absolute Gasteiger partial charge is 0.0790 e. The zero-order chi connectivity index (χ0) is 14.9. The van der Waals surface area contributed by atoms with Crippen molar-refractivity contribution in [2.45, 2.75) is 32.4 Å². The summed E-state index contributed by atoms with van der Waals surface area (Å²) in [5.41, 5.74) is 2.37. The van der Waals surface area contributed by atoms with Crippen LogP contribution in [0.5, 0.6) is 0 Å². The first-order valence-electron chi connectivity index (χ1n) is 7.79. The molecule has 0 aliphatic heterocycles. The van der Waals surface area contributed by atoms with Crippen LogP contribution in [0.1, 0.15) is 37.0 Å². The third-order valence-corrected chi connectivity index (χ3v) is 3.83. The van der Waals surface area contributed by atoms with Gasteiger partial charge in [-0.15, -0.1) is 0 Å². The Morgan fingerprint density at radius 2 is 1.57 bits per heavy atom. The minimum absolute atomic E-state index is 0.346. The van der Waals surface area contributed by atoms with Crippen LogP contribution in [0.2, 0.25) is 0 Å². The van der Waals surface area contributed by atoms with Gasteiger partial charge in [0.15, 0.2) is 0 Å². The van der Waals surface area contributed by atoms with Crippen molar-refractivity contribution < 1.29 is 5.11 Å². The summed E-state index contributed by atoms with van der Waals surface area (Å²) in [4.78, 5) is 2.42. The van der Waals surface area contributed by atoms with E-state index in [1.165, 1.54) is 5.56 Å². The Kier molecular flexibility index (Phi) is 6.45. The van der Waals surface area contributed by atoms with Crippen molar-refractivity contribution in [3.05, 3.63) is 71.8 Å². The highest BCUT2D eigenvalue weighted by atomic mass is 16.3. The van der Waals surface area contributed by atoms with E-state index >= 15 is 0 Å². The van der Waals surface area contributed by atoms with E-state index in [0.29, 0.717) is 0 Å². The number of hydrogen-bond acceptors (Lipinski definition) is 2. The summed E-state index contributed by atoms with van der Waals surface area (Å²) in [5, 5.41) is 10.2. The van der Waals surface area contributed by atoms with Gasteiger partial charge in [0.2, 0.25) is 0 Å². The van der Waals surface area contributed by atoms with Crippen molar-refractivity contribution in [1.29, 1.82) is 0 Å². The van der Waals surface area contributed by atoms with Crippen LogP contribution in [0.25, 0.3) is 0 Å². The van der Waals surface area contributed by atoms with E-state index in [9.17, 15) is 5.11 Å². The fourth-order valence-electron chi connectivity index (χ4n) is 2.54. The summed E-state index contributed by atoms with van der Waals surface area (Å²) in [6, 6.07) is 20.5. The average molecular weight is 283 g/mol. The highest BCUT2D eigenvalue weighted by molar-refractivity contribution is 5.17. The summed E-state index contributed by atoms with van der Waals surface area (Å²) in [6.45, 7) is 5.24. The van der Waals surface area contributed by atoms with Crippen molar-refractivity contribution in [1.82, 2.24) is 4.90 Å². The molecule has 2 aromatic rings. The SMILES string of the molecule is CCN(CCCC(O)c1ccccc1)Cc1ccccc1. The fraction of sp³-hybridized carbons (Fsp3) is 0.368. The molecular weight excluding hydrogens is 258 g/mol. The molecule has 0 radical (unpaired) electrons. The van der Waals surface area contributed by atoms with E-state index in [1.807, 2.05) is 30.3 Å². The highest BCUT2D eigenvalue weighted by Crippen LogP contribution is 2.18. The number of rotatable bonds is 8. The molecule has 0 aliphatic rings. The third-order valence-electron chi connectivity index (χ3n) is 3.83. The molecule has 0 heterocycles. The molecular formula is C19H25NO. The number of benzene rings is 2. The quantitative estimate of drug-likeness (QED) is 0.791. The van der Waals surface area contributed by atoms with Gasteiger partial charge < -0.3 is 5.11 Å². The van der Waals surface area contributed by atoms with Gasteiger partial charge in [-0.3, -0.25) is 4.90 Å². The van der Waals surface area contributed by atoms with E-state index in [0.717, 1.165) is 38.0 Å². The minimum Gasteiger partial charge on any atom is -0.388 e. The Bertz CT molecular complexity index is 497. The minimum atomic E-state index is -0.346. The molecule has 2 heteroatoms. The second-order valence-corrected chi connectivity index (χ2v) is 5.42. The Morgan fingerprint density at radius 1 is 0.952 bits per heavy atom. The van der Waals surface area contributed by atoms with Gasteiger partial charge in [0.25, 0.3) is 0 Å². The molecule has 1 unspecified atom stereocenters. The van der Waals surface area contributed by atoms with Crippen LogP contribution in [-0.4, -0.2) is 23.1 Å². The monoisotopic (exact) mass is 283 g/mol. The molecule has 1 atom stereocenters. The Hall–Kier alpha value is -1.64. The zero-order valence-electron chi connectivity index (χ0n) is 12.8. The van der Waals surface area contributed by atoms with Crippen molar-refractivity contribution in [2.24, 2.45) is 0 Å². The van der Waals surface area contributed by atoms with Crippen LogP contribution in [0.4, 0.5) is 0 Å². The molecule has 0 aromatic heterocycles. The predicted octanol–water partition coefficient (Wildman–Crippen LogP) is 4.02. The summed E-state index contributed by atoms with van der Waals surface area (Å²) < 4.78 is 0. The molecule has 0 saturated carbocycles. The largest absolute Gasteiger partial charge is 0.388 e. The van der Waals surface area contributed by atoms with Crippen molar-refractivity contribution >= 4 is 0 Å². The van der Waals surface area contributed by atoms with E-state index in [2.05, 4.69) is 42.2 Å². The van der Waals surface area contributed by atoms with Gasteiger partial charge in [-0.2, -0.15) is 0 Å². The maximum atomic E-state index is 10.2. The molecule has 21 heavy (non-hydrogen) atoms. The molecule has 0 amide bonds. The second-order valence-electron chi connectivity index (χ2n) is 5.42. The van der Waals surface area contributed by atoms with Crippen LogP contribution in [0, 0.1) is 0 Å². The number of hydrogen-bond donors (Lipinski definition) is 1. The molecule has 0 spiro atoms. The standard InChI is InChI=1S/C19H25NO/c1-2-20(16-17-10-5-3-6-11-17)15-9-14-19(21)18-12-7-4-8-13-18/h3-8,10-13,19,21H,2,9,14-16H2,1H3. The first kappa shape index (κ1) is 15.7. The van der Waals surface area contributed by atoms with Crippen molar-refractivity contribution in [2.75, 3.05) is 13.1 Å². The van der Waals surface area contributed by atoms with E-state index in [4.69, 9.17) is 0 Å². The van der Waals surface area contributed by atoms with E-state index < -0.39 is 0 Å². The average Bonchev–Trinajstić information content (AvgIpc) is 2.55. The van der Waals surface area contributed by atoms with Crippen LogP contribution in [-0.2, 0) is 6.54 Å². The number of aliphatic hydroxyl groups is 1. The lowest BCUT2D eigenvalue weighted by molar-refractivity contribution is 0.155. The topological polar surface area (TPSA) is 23.5 Å². The third kappa shape index (κ3) is 5.33. The van der Waals surface area contributed by atoms with Crippen LogP contribution in [0.3, 0.4) is 0 Å². The normalized spacial score (nSPS) is 12.5. The Labute approximate surface area is 128 Å². The predicted molar refractivity (Wildman–Crippen MR) is 88.0 cm³/mol. The maximum absolute atomic E-state index is 10.2. The summed E-state index contributed by atoms with van der Waals surface area (Å²) in [5.74, 6) is 0. The van der Waals surface area contributed by atoms with Gasteiger partial charge in [-0.1, -0.05) is 67.6 Å². The first-order chi connectivity index (χ1) is 10.3. The summed E-state index contributed by atoms with van der Waals surface area (Å²) >= 11 is 0. The Balaban J connectivity index is 1.76. The molecule has 112 valence electrons. The lowest BCUT2D eigenvalue weighted by Crippen LogP contribution is -2.24. The molecule has 0 bridgehead atoms. The van der Waals surface area contributed by atoms with Crippen LogP contribution >= 0.6 is 0 Å². The van der Waals surface area contributed by atoms with Gasteiger partial charge in [0.1, 0.15) is 0 Å². The van der Waals surface area contributed by atoms with Crippen LogP contribution in [0.15, 0.2) is 60.7 Å². The second kappa shape index (κ2) is 8.60. The summed E-state index contributed by atoms with van der Waals surface area (Å²) in [7, 11) is 0. The number of aliphatic hydroxyl groups excluding tert-OH is 1. The van der Waals surface area contributed by atoms with Gasteiger partial charge >= 0.3 is 0 Å². The molecule has 1 N–H and O–H groups in total. The summed E-state index contributed by atoms with van der Waals surface area (Å²) in [6.07, 6.45) is 1.48. The molecule has 0 saturated heterocycles. The maximum Gasteiger partial charge on any atom is 0.0790 e. The van der Waals surface area contributed by atoms with E-state index in [-0.39, 0.29) is 6.10 Å². The van der Waals surface area contributed by atoms with Gasteiger partial charge in [-0.25, -0.2) is 0 Å². The molecule has 2 nitrogen and oxygen atoms in total. The molecule has 2 rings (SSSR count).